The fraction of sp³-hybridized carbons (Fsp3) is 0.250. The van der Waals surface area contributed by atoms with Gasteiger partial charge in [0.2, 0.25) is 11.8 Å². The summed E-state index contributed by atoms with van der Waals surface area (Å²) in [6, 6.07) is 17.5. The number of rotatable bonds is 11. The van der Waals surface area contributed by atoms with Gasteiger partial charge < -0.3 is 20.5 Å². The van der Waals surface area contributed by atoms with Gasteiger partial charge in [0.25, 0.3) is 0 Å². The number of pyridine rings is 2. The van der Waals surface area contributed by atoms with Crippen LogP contribution in [0.3, 0.4) is 0 Å². The second kappa shape index (κ2) is 13.3. The summed E-state index contributed by atoms with van der Waals surface area (Å²) in [6.07, 6.45) is 5.02. The fourth-order valence-electron chi connectivity index (χ4n) is 5.37. The maximum atomic E-state index is 11.5. The molecule has 1 amide bonds. The van der Waals surface area contributed by atoms with Gasteiger partial charge in [-0.15, -0.1) is 5.10 Å². The second-order valence-corrected chi connectivity index (χ2v) is 11.3. The van der Waals surface area contributed by atoms with Crippen LogP contribution in [0.25, 0.3) is 39.1 Å². The highest BCUT2D eigenvalue weighted by atomic mass is 35.5. The van der Waals surface area contributed by atoms with Crippen LogP contribution in [0.15, 0.2) is 67.0 Å². The lowest BCUT2D eigenvalue weighted by atomic mass is 10.00. The molecule has 3 aromatic heterocycles. The predicted molar refractivity (Wildman–Crippen MR) is 171 cm³/mol. The molecule has 0 bridgehead atoms. The molecule has 2 aromatic carbocycles. The highest BCUT2D eigenvalue weighted by molar-refractivity contribution is 6.39. The number of carbonyl (C=O) groups excluding carboxylic acids is 1. The molecule has 10 nitrogen and oxygen atoms in total. The van der Waals surface area contributed by atoms with Crippen LogP contribution < -0.4 is 20.7 Å². The number of hydrogen-bond donors (Lipinski definition) is 4. The van der Waals surface area contributed by atoms with Gasteiger partial charge >= 0.3 is 0 Å². The van der Waals surface area contributed by atoms with Crippen molar-refractivity contribution in [3.05, 3.63) is 88.2 Å². The molecular formula is C32H31Cl2N7O3. The number of aromatic nitrogens is 4. The minimum absolute atomic E-state index is 0.0992. The monoisotopic (exact) mass is 631 g/mol. The van der Waals surface area contributed by atoms with Crippen LogP contribution in [-0.4, -0.2) is 57.2 Å². The first-order valence-corrected chi connectivity index (χ1v) is 15.0. The Morgan fingerprint density at radius 3 is 2.61 bits per heavy atom. The summed E-state index contributed by atoms with van der Waals surface area (Å²) in [4.78, 5) is 20.7. The minimum atomic E-state index is -0.112. The van der Waals surface area contributed by atoms with Crippen LogP contribution >= 0.6 is 23.2 Å². The fourth-order valence-corrected chi connectivity index (χ4v) is 6.01. The molecule has 0 spiro atoms. The predicted octanol–water partition coefficient (Wildman–Crippen LogP) is 4.87. The Morgan fingerprint density at radius 1 is 1.05 bits per heavy atom. The van der Waals surface area contributed by atoms with E-state index in [1.54, 1.807) is 18.0 Å². The molecule has 1 atom stereocenters. The Balaban J connectivity index is 1.26. The average Bonchev–Trinajstić information content (AvgIpc) is 3.66. The van der Waals surface area contributed by atoms with Crippen molar-refractivity contribution >= 4 is 40.1 Å². The van der Waals surface area contributed by atoms with Crippen LogP contribution in [-0.2, 0) is 17.9 Å². The van der Waals surface area contributed by atoms with Gasteiger partial charge in [-0.3, -0.25) is 10.1 Å². The maximum Gasteiger partial charge on any atom is 0.220 e. The van der Waals surface area contributed by atoms with Crippen LogP contribution in [0.5, 0.6) is 5.88 Å². The Kier molecular flexibility index (Phi) is 9.06. The van der Waals surface area contributed by atoms with E-state index in [1.807, 2.05) is 60.8 Å². The number of carbonyl (C=O) groups is 1. The highest BCUT2D eigenvalue weighted by Gasteiger charge is 2.21. The van der Waals surface area contributed by atoms with Crippen LogP contribution in [0.4, 0.5) is 0 Å². The molecule has 6 rings (SSSR count). The van der Waals surface area contributed by atoms with E-state index >= 15 is 0 Å². The van der Waals surface area contributed by atoms with E-state index in [-0.39, 0.29) is 18.7 Å². The van der Waals surface area contributed by atoms with Crippen LogP contribution in [0.1, 0.15) is 24.0 Å². The summed E-state index contributed by atoms with van der Waals surface area (Å²) in [6.45, 7) is 1.62. The quantitative estimate of drug-likeness (QED) is 0.152. The molecule has 226 valence electrons. The molecular weight excluding hydrogens is 601 g/mol. The molecule has 0 aliphatic carbocycles. The van der Waals surface area contributed by atoms with Crippen molar-refractivity contribution < 1.29 is 14.6 Å². The number of nitrogens with zero attached hydrogens (tertiary/aromatic N) is 4. The van der Waals surface area contributed by atoms with E-state index in [2.05, 4.69) is 26.0 Å². The van der Waals surface area contributed by atoms with Gasteiger partial charge in [0, 0.05) is 72.1 Å². The van der Waals surface area contributed by atoms with Gasteiger partial charge in [-0.2, -0.15) is 0 Å². The molecule has 4 heterocycles. The number of halogens is 2. The maximum absolute atomic E-state index is 11.5. The number of fused-ring (bicyclic) bond motifs is 1. The molecule has 1 saturated heterocycles. The van der Waals surface area contributed by atoms with Gasteiger partial charge in [-0.1, -0.05) is 59.6 Å². The number of hydrogen-bond acceptors (Lipinski definition) is 8. The SMILES string of the molecule is COc1nc(-c2cccc(-c3cccc(-n4cc5cc(CNCO)cnc5n4)c3Cl)c2Cl)ccc1CNC[C@@H]1CCC(=O)N1. The third-order valence-corrected chi connectivity index (χ3v) is 8.37. The number of amides is 1. The summed E-state index contributed by atoms with van der Waals surface area (Å²) in [5, 5.41) is 24.8. The van der Waals surface area contributed by atoms with Crippen molar-refractivity contribution in [2.75, 3.05) is 20.4 Å². The Bertz CT molecular complexity index is 1830. The van der Waals surface area contributed by atoms with Gasteiger partial charge in [0.15, 0.2) is 5.65 Å². The lowest BCUT2D eigenvalue weighted by Gasteiger charge is -2.15. The van der Waals surface area contributed by atoms with Crippen molar-refractivity contribution in [3.8, 4) is 34.0 Å². The van der Waals surface area contributed by atoms with Crippen molar-refractivity contribution in [2.45, 2.75) is 32.0 Å². The number of benzene rings is 2. The van der Waals surface area contributed by atoms with Crippen molar-refractivity contribution in [3.63, 3.8) is 0 Å². The topological polar surface area (TPSA) is 126 Å². The Hall–Kier alpha value is -4.06. The molecule has 1 aliphatic rings. The smallest absolute Gasteiger partial charge is 0.220 e. The second-order valence-electron chi connectivity index (χ2n) is 10.5. The zero-order chi connectivity index (χ0) is 30.6. The normalized spacial score (nSPS) is 14.7. The van der Waals surface area contributed by atoms with E-state index in [0.717, 1.165) is 39.6 Å². The molecule has 44 heavy (non-hydrogen) atoms. The van der Waals surface area contributed by atoms with E-state index in [1.165, 1.54) is 0 Å². The van der Waals surface area contributed by atoms with E-state index in [9.17, 15) is 4.79 Å². The van der Waals surface area contributed by atoms with Crippen LogP contribution in [0, 0.1) is 0 Å². The average molecular weight is 633 g/mol. The Morgan fingerprint density at radius 2 is 1.84 bits per heavy atom. The summed E-state index contributed by atoms with van der Waals surface area (Å²) >= 11 is 14.0. The first kappa shape index (κ1) is 30.0. The molecule has 0 saturated carbocycles. The van der Waals surface area contributed by atoms with E-state index in [0.29, 0.717) is 59.0 Å². The molecule has 1 aliphatic heterocycles. The lowest BCUT2D eigenvalue weighted by molar-refractivity contribution is -0.119. The summed E-state index contributed by atoms with van der Waals surface area (Å²) in [5.74, 6) is 0.601. The highest BCUT2D eigenvalue weighted by Crippen LogP contribution is 2.41. The molecule has 0 unspecified atom stereocenters. The minimum Gasteiger partial charge on any atom is -0.481 e. The first-order chi connectivity index (χ1) is 21.4. The van der Waals surface area contributed by atoms with Gasteiger partial charge in [-0.25, -0.2) is 14.6 Å². The van der Waals surface area contributed by atoms with Crippen LogP contribution in [0.2, 0.25) is 10.0 Å². The number of aliphatic hydroxyl groups is 1. The van der Waals surface area contributed by atoms with E-state index < -0.39 is 0 Å². The van der Waals surface area contributed by atoms with Crippen molar-refractivity contribution in [1.82, 2.24) is 35.7 Å². The van der Waals surface area contributed by atoms with E-state index in [4.69, 9.17) is 38.0 Å². The zero-order valence-corrected chi connectivity index (χ0v) is 25.5. The first-order valence-electron chi connectivity index (χ1n) is 14.2. The Labute approximate surface area is 264 Å². The number of methoxy groups -OCH3 is 1. The van der Waals surface area contributed by atoms with Gasteiger partial charge in [-0.05, 0) is 30.2 Å². The molecule has 4 N–H and O–H groups in total. The van der Waals surface area contributed by atoms with Crippen molar-refractivity contribution in [2.24, 2.45) is 0 Å². The van der Waals surface area contributed by atoms with Crippen molar-refractivity contribution in [1.29, 1.82) is 0 Å². The summed E-state index contributed by atoms with van der Waals surface area (Å²) < 4.78 is 7.34. The number of nitrogens with one attached hydrogen (secondary N) is 3. The summed E-state index contributed by atoms with van der Waals surface area (Å²) in [5.41, 5.74) is 6.04. The van der Waals surface area contributed by atoms with Gasteiger partial charge in [0.1, 0.15) is 0 Å². The third-order valence-electron chi connectivity index (χ3n) is 7.57. The molecule has 12 heteroatoms. The summed E-state index contributed by atoms with van der Waals surface area (Å²) in [7, 11) is 1.59. The molecule has 1 fully saturated rings. The standard InChI is InChI=1S/C32H31Cl2N7O3/c1-44-32-20(15-35-16-22-9-11-28(43)38-22)8-10-26(39-32)25-6-2-4-23(29(25)33)24-5-3-7-27(30(24)34)41-17-21-12-19(13-36-18-42)14-37-31(21)40-41/h2-8,10,12,14,17,22,35-36,42H,9,11,13,15-16,18H2,1H3,(H,38,43)/t22-/m0/s1. The number of aliphatic hydroxyl groups excluding tert-OH is 1. The molecule has 0 radical (unpaired) electrons. The molecule has 5 aromatic rings. The lowest BCUT2D eigenvalue weighted by Crippen LogP contribution is -2.35. The largest absolute Gasteiger partial charge is 0.481 e. The zero-order valence-electron chi connectivity index (χ0n) is 24.0. The third kappa shape index (κ3) is 6.26. The number of ether oxygens (including phenoxy) is 1. The van der Waals surface area contributed by atoms with Gasteiger partial charge in [0.05, 0.1) is 35.3 Å².